The van der Waals surface area contributed by atoms with Gasteiger partial charge in [-0.2, -0.15) is 0 Å². The third-order valence-electron chi connectivity index (χ3n) is 4.30. The minimum absolute atomic E-state index is 0.101. The average molecular weight is 411 g/mol. The molecule has 1 saturated heterocycles. The van der Waals surface area contributed by atoms with Crippen LogP contribution in [-0.4, -0.2) is 39.0 Å². The maximum absolute atomic E-state index is 13.4. The molecule has 1 fully saturated rings. The predicted molar refractivity (Wildman–Crippen MR) is 105 cm³/mol. The van der Waals surface area contributed by atoms with Crippen molar-refractivity contribution < 1.29 is 17.5 Å². The summed E-state index contributed by atoms with van der Waals surface area (Å²) in [5.74, 6) is 0.821. The number of piperidine rings is 1. The fraction of sp³-hybridized carbons (Fsp3) is 0.316. The highest BCUT2D eigenvalue weighted by Gasteiger charge is 2.27. The number of likely N-dealkylation sites (N-methyl/N-ethyl adjacent to an activating group) is 1. The minimum atomic E-state index is -3.48. The van der Waals surface area contributed by atoms with Gasteiger partial charge in [0.25, 0.3) is 10.0 Å². The Balaban J connectivity index is 1.84. The Kier molecular flexibility index (Phi) is 5.72. The molecule has 2 aromatic rings. The maximum atomic E-state index is 13.4. The van der Waals surface area contributed by atoms with E-state index in [1.807, 2.05) is 24.1 Å². The largest absolute Gasteiger partial charge is 0.457 e. The number of sulfonamides is 1. The van der Waals surface area contributed by atoms with E-state index in [2.05, 4.69) is 4.40 Å². The lowest BCUT2D eigenvalue weighted by molar-refractivity contribution is 0.413. The number of benzene rings is 2. The van der Waals surface area contributed by atoms with Crippen molar-refractivity contribution in [3.05, 3.63) is 58.9 Å². The van der Waals surface area contributed by atoms with E-state index in [0.717, 1.165) is 31.2 Å². The van der Waals surface area contributed by atoms with Crippen molar-refractivity contribution in [2.45, 2.75) is 18.8 Å². The first-order valence-electron chi connectivity index (χ1n) is 8.46. The van der Waals surface area contributed by atoms with Crippen molar-refractivity contribution in [1.82, 2.24) is 4.90 Å². The molecule has 27 heavy (non-hydrogen) atoms. The van der Waals surface area contributed by atoms with Gasteiger partial charge in [0.1, 0.15) is 23.2 Å². The molecule has 1 unspecified atom stereocenters. The molecule has 0 aromatic heterocycles. The number of hydrogen-bond acceptors (Lipinski definition) is 3. The van der Waals surface area contributed by atoms with Crippen LogP contribution in [0.5, 0.6) is 11.5 Å². The molecule has 1 heterocycles. The Hall–Kier alpha value is -2.12. The zero-order valence-corrected chi connectivity index (χ0v) is 16.6. The van der Waals surface area contributed by atoms with Crippen molar-refractivity contribution in [3.8, 4) is 11.5 Å². The standard InChI is InChI=1S/C19H20ClFN2O3S/c1-23-9-3-4-18(19(23)22-27(2,24)25)13-5-7-16(8-6-13)26-17-11-14(20)10-15(21)12-17/h5-8,10-12,18H,3-4,9H2,1-2H3/b22-19-. The summed E-state index contributed by atoms with van der Waals surface area (Å²) in [6.07, 6.45) is 2.86. The third kappa shape index (κ3) is 5.20. The number of hydrogen-bond donors (Lipinski definition) is 0. The molecule has 0 aliphatic carbocycles. The fourth-order valence-electron chi connectivity index (χ4n) is 3.15. The van der Waals surface area contributed by atoms with E-state index >= 15 is 0 Å². The summed E-state index contributed by atoms with van der Waals surface area (Å²) < 4.78 is 46.3. The molecule has 8 heteroatoms. The van der Waals surface area contributed by atoms with E-state index in [-0.39, 0.29) is 10.9 Å². The van der Waals surface area contributed by atoms with Crippen LogP contribution < -0.4 is 4.74 Å². The molecule has 5 nitrogen and oxygen atoms in total. The Morgan fingerprint density at radius 3 is 2.52 bits per heavy atom. The second-order valence-electron chi connectivity index (χ2n) is 6.58. The second kappa shape index (κ2) is 7.86. The van der Waals surface area contributed by atoms with Gasteiger partial charge < -0.3 is 9.64 Å². The van der Waals surface area contributed by atoms with Crippen LogP contribution >= 0.6 is 11.6 Å². The van der Waals surface area contributed by atoms with Crippen molar-refractivity contribution >= 4 is 27.5 Å². The van der Waals surface area contributed by atoms with Crippen LogP contribution in [0.4, 0.5) is 4.39 Å². The van der Waals surface area contributed by atoms with Gasteiger partial charge in [-0.3, -0.25) is 0 Å². The number of amidine groups is 1. The summed E-state index contributed by atoms with van der Waals surface area (Å²) in [5.41, 5.74) is 0.952. The Morgan fingerprint density at radius 2 is 1.89 bits per heavy atom. The van der Waals surface area contributed by atoms with Crippen molar-refractivity contribution in [3.63, 3.8) is 0 Å². The molecule has 0 N–H and O–H groups in total. The number of likely N-dealkylation sites (tertiary alicyclic amines) is 1. The quantitative estimate of drug-likeness (QED) is 0.747. The van der Waals surface area contributed by atoms with Crippen LogP contribution in [0.25, 0.3) is 0 Å². The van der Waals surface area contributed by atoms with E-state index in [1.165, 1.54) is 18.2 Å². The summed E-state index contributed by atoms with van der Waals surface area (Å²) in [6, 6.07) is 11.3. The van der Waals surface area contributed by atoms with E-state index in [0.29, 0.717) is 17.3 Å². The lowest BCUT2D eigenvalue weighted by Gasteiger charge is -2.33. The Bertz CT molecular complexity index is 941. The van der Waals surface area contributed by atoms with Gasteiger partial charge in [0, 0.05) is 30.6 Å². The third-order valence-corrected chi connectivity index (χ3v) is 5.04. The van der Waals surface area contributed by atoms with Crippen LogP contribution in [0.15, 0.2) is 46.9 Å². The van der Waals surface area contributed by atoms with E-state index in [4.69, 9.17) is 16.3 Å². The van der Waals surface area contributed by atoms with Crippen molar-refractivity contribution in [2.75, 3.05) is 19.8 Å². The highest BCUT2D eigenvalue weighted by molar-refractivity contribution is 7.89. The van der Waals surface area contributed by atoms with E-state index < -0.39 is 15.8 Å². The smallest absolute Gasteiger partial charge is 0.251 e. The molecule has 1 aliphatic rings. The molecule has 0 amide bonds. The maximum Gasteiger partial charge on any atom is 0.251 e. The first kappa shape index (κ1) is 19.6. The zero-order valence-electron chi connectivity index (χ0n) is 15.0. The van der Waals surface area contributed by atoms with Gasteiger partial charge in [0.15, 0.2) is 0 Å². The molecule has 0 spiro atoms. The van der Waals surface area contributed by atoms with Gasteiger partial charge in [-0.05, 0) is 42.7 Å². The molecule has 2 aromatic carbocycles. The Morgan fingerprint density at radius 1 is 1.19 bits per heavy atom. The molecule has 144 valence electrons. The number of ether oxygens (including phenoxy) is 1. The van der Waals surface area contributed by atoms with Gasteiger partial charge in [-0.25, -0.2) is 12.8 Å². The Labute approximate surface area is 163 Å². The van der Waals surface area contributed by atoms with Crippen LogP contribution in [-0.2, 0) is 10.0 Å². The number of rotatable bonds is 4. The second-order valence-corrected chi connectivity index (χ2v) is 8.66. The fourth-order valence-corrected chi connectivity index (χ4v) is 3.97. The number of halogens is 2. The molecule has 1 atom stereocenters. The normalized spacial score (nSPS) is 19.3. The molecule has 0 radical (unpaired) electrons. The summed E-state index contributed by atoms with van der Waals surface area (Å²) in [6.45, 7) is 0.770. The monoisotopic (exact) mass is 410 g/mol. The highest BCUT2D eigenvalue weighted by atomic mass is 35.5. The number of nitrogens with zero attached hydrogens (tertiary/aromatic N) is 2. The summed E-state index contributed by atoms with van der Waals surface area (Å²) in [5, 5.41) is 0.258. The molecular formula is C19H20ClFN2O3S. The van der Waals surface area contributed by atoms with Crippen LogP contribution in [0.2, 0.25) is 5.02 Å². The van der Waals surface area contributed by atoms with Gasteiger partial charge in [0.2, 0.25) is 0 Å². The molecule has 1 aliphatic heterocycles. The summed E-state index contributed by atoms with van der Waals surface area (Å²) in [4.78, 5) is 1.88. The minimum Gasteiger partial charge on any atom is -0.457 e. The predicted octanol–water partition coefficient (Wildman–Crippen LogP) is 4.44. The first-order chi connectivity index (χ1) is 12.7. The SMILES string of the molecule is CN1CCCC(c2ccc(Oc3cc(F)cc(Cl)c3)cc2)/C1=N/S(C)(=O)=O. The lowest BCUT2D eigenvalue weighted by Crippen LogP contribution is -2.37. The van der Waals surface area contributed by atoms with Gasteiger partial charge in [-0.15, -0.1) is 4.40 Å². The van der Waals surface area contributed by atoms with Crippen LogP contribution in [0.3, 0.4) is 0 Å². The molecule has 0 saturated carbocycles. The van der Waals surface area contributed by atoms with Crippen molar-refractivity contribution in [2.24, 2.45) is 4.40 Å². The summed E-state index contributed by atoms with van der Waals surface area (Å²) >= 11 is 5.84. The zero-order chi connectivity index (χ0) is 19.6. The van der Waals surface area contributed by atoms with Crippen LogP contribution in [0, 0.1) is 5.82 Å². The van der Waals surface area contributed by atoms with Gasteiger partial charge in [0.05, 0.1) is 6.26 Å². The molecule has 0 bridgehead atoms. The molecular weight excluding hydrogens is 391 g/mol. The topological polar surface area (TPSA) is 59.0 Å². The lowest BCUT2D eigenvalue weighted by atomic mass is 9.89. The van der Waals surface area contributed by atoms with Crippen LogP contribution in [0.1, 0.15) is 24.3 Å². The van der Waals surface area contributed by atoms with Gasteiger partial charge in [-0.1, -0.05) is 23.7 Å². The average Bonchev–Trinajstić information content (AvgIpc) is 2.55. The highest BCUT2D eigenvalue weighted by Crippen LogP contribution is 2.32. The molecule has 3 rings (SSSR count). The van der Waals surface area contributed by atoms with E-state index in [9.17, 15) is 12.8 Å². The summed E-state index contributed by atoms with van der Waals surface area (Å²) in [7, 11) is -1.63. The van der Waals surface area contributed by atoms with Crippen molar-refractivity contribution in [1.29, 1.82) is 0 Å². The van der Waals surface area contributed by atoms with E-state index in [1.54, 1.807) is 12.1 Å². The first-order valence-corrected chi connectivity index (χ1v) is 10.7. The van der Waals surface area contributed by atoms with Gasteiger partial charge >= 0.3 is 0 Å².